The smallest absolute Gasteiger partial charge is 0.306 e. The van der Waals surface area contributed by atoms with Gasteiger partial charge >= 0.3 is 5.97 Å². The summed E-state index contributed by atoms with van der Waals surface area (Å²) in [5, 5.41) is 21.4. The van der Waals surface area contributed by atoms with Crippen LogP contribution in [-0.2, 0) is 4.79 Å². The Morgan fingerprint density at radius 2 is 1.88 bits per heavy atom. The lowest BCUT2D eigenvalue weighted by Crippen LogP contribution is -2.39. The summed E-state index contributed by atoms with van der Waals surface area (Å²) in [6.07, 6.45) is 2.55. The van der Waals surface area contributed by atoms with Gasteiger partial charge in [0.25, 0.3) is 0 Å². The first-order valence-electron chi connectivity index (χ1n) is 5.91. The van der Waals surface area contributed by atoms with E-state index in [1.165, 1.54) is 0 Å². The summed E-state index contributed by atoms with van der Waals surface area (Å²) in [7, 11) is 0. The lowest BCUT2D eigenvalue weighted by atomic mass is 10.0. The van der Waals surface area contributed by atoms with Gasteiger partial charge in [-0.1, -0.05) is 13.3 Å². The van der Waals surface area contributed by atoms with Gasteiger partial charge in [-0.15, -0.1) is 0 Å². The van der Waals surface area contributed by atoms with Crippen molar-refractivity contribution >= 4 is 5.97 Å². The highest BCUT2D eigenvalue weighted by Gasteiger charge is 2.14. The van der Waals surface area contributed by atoms with Crippen molar-refractivity contribution < 1.29 is 15.0 Å². The predicted octanol–water partition coefficient (Wildman–Crippen LogP) is 1.63. The van der Waals surface area contributed by atoms with Gasteiger partial charge in [-0.25, -0.2) is 0 Å². The zero-order valence-corrected chi connectivity index (χ0v) is 10.8. The van der Waals surface area contributed by atoms with Gasteiger partial charge in [0.05, 0.1) is 11.5 Å². The van der Waals surface area contributed by atoms with E-state index in [2.05, 4.69) is 12.2 Å². The molecule has 0 heterocycles. The summed E-state index contributed by atoms with van der Waals surface area (Å²) in [4.78, 5) is 10.6. The first-order valence-corrected chi connectivity index (χ1v) is 5.91. The van der Waals surface area contributed by atoms with Crippen molar-refractivity contribution in [3.63, 3.8) is 0 Å². The third kappa shape index (κ3) is 8.68. The molecule has 0 aliphatic rings. The zero-order chi connectivity index (χ0) is 12.8. The molecule has 2 unspecified atom stereocenters. The summed E-state index contributed by atoms with van der Waals surface area (Å²) in [5.41, 5.74) is -0.692. The van der Waals surface area contributed by atoms with Crippen LogP contribution in [0.25, 0.3) is 0 Å². The minimum atomic E-state index is -0.725. The minimum absolute atomic E-state index is 0.263. The van der Waals surface area contributed by atoms with Crippen molar-refractivity contribution in [1.29, 1.82) is 0 Å². The maximum atomic E-state index is 10.6. The quantitative estimate of drug-likeness (QED) is 0.594. The van der Waals surface area contributed by atoms with Crippen LogP contribution in [-0.4, -0.2) is 34.4 Å². The highest BCUT2D eigenvalue weighted by molar-refractivity contribution is 5.69. The van der Waals surface area contributed by atoms with Crippen molar-refractivity contribution in [3.8, 4) is 0 Å². The molecule has 0 aromatic rings. The highest BCUT2D eigenvalue weighted by atomic mass is 16.4. The van der Waals surface area contributed by atoms with Crippen LogP contribution in [0.1, 0.15) is 47.0 Å². The third-order valence-electron chi connectivity index (χ3n) is 2.58. The van der Waals surface area contributed by atoms with Crippen molar-refractivity contribution in [2.24, 2.45) is 5.92 Å². The number of carboxylic acid groups (broad SMARTS) is 1. The van der Waals surface area contributed by atoms with Crippen LogP contribution in [0.4, 0.5) is 0 Å². The van der Waals surface area contributed by atoms with E-state index in [-0.39, 0.29) is 5.92 Å². The molecule has 0 saturated heterocycles. The minimum Gasteiger partial charge on any atom is -0.481 e. The Balaban J connectivity index is 3.58. The molecule has 0 amide bonds. The van der Waals surface area contributed by atoms with Gasteiger partial charge in [-0.2, -0.15) is 0 Å². The van der Waals surface area contributed by atoms with Crippen LogP contribution in [0, 0.1) is 5.92 Å². The first-order chi connectivity index (χ1) is 7.22. The molecule has 0 spiro atoms. The fourth-order valence-electron chi connectivity index (χ4n) is 1.38. The molecule has 3 N–H and O–H groups in total. The van der Waals surface area contributed by atoms with Crippen LogP contribution in [0.3, 0.4) is 0 Å². The van der Waals surface area contributed by atoms with E-state index in [1.807, 2.05) is 0 Å². The molecule has 2 atom stereocenters. The standard InChI is InChI=1S/C12H25NO3/c1-9(11(14)15)6-5-7-10(2)13-8-12(3,4)16/h9-10,13,16H,5-8H2,1-4H3,(H,14,15). The van der Waals surface area contributed by atoms with Gasteiger partial charge < -0.3 is 15.5 Å². The lowest BCUT2D eigenvalue weighted by molar-refractivity contribution is -0.141. The van der Waals surface area contributed by atoms with E-state index >= 15 is 0 Å². The van der Waals surface area contributed by atoms with Gasteiger partial charge in [0.1, 0.15) is 0 Å². The van der Waals surface area contributed by atoms with Crippen LogP contribution in [0.15, 0.2) is 0 Å². The van der Waals surface area contributed by atoms with Crippen molar-refractivity contribution in [2.45, 2.75) is 58.6 Å². The first kappa shape index (κ1) is 15.4. The number of aliphatic carboxylic acids is 1. The van der Waals surface area contributed by atoms with Crippen LogP contribution >= 0.6 is 0 Å². The number of rotatable bonds is 8. The van der Waals surface area contributed by atoms with E-state index in [0.717, 1.165) is 12.8 Å². The SMILES string of the molecule is CC(CCCC(C)C(=O)O)NCC(C)(C)O. The highest BCUT2D eigenvalue weighted by Crippen LogP contribution is 2.10. The molecule has 0 saturated carbocycles. The monoisotopic (exact) mass is 231 g/mol. The second-order valence-corrected chi connectivity index (χ2v) is 5.26. The fourth-order valence-corrected chi connectivity index (χ4v) is 1.38. The number of aliphatic hydroxyl groups is 1. The summed E-state index contributed by atoms with van der Waals surface area (Å²) in [6, 6.07) is 0.312. The molecule has 0 aromatic carbocycles. The van der Waals surface area contributed by atoms with E-state index < -0.39 is 11.6 Å². The molecule has 96 valence electrons. The normalized spacial score (nSPS) is 15.8. The van der Waals surface area contributed by atoms with E-state index in [0.29, 0.717) is 19.0 Å². The number of hydrogen-bond donors (Lipinski definition) is 3. The Bertz CT molecular complexity index is 211. The van der Waals surface area contributed by atoms with E-state index in [4.69, 9.17) is 5.11 Å². The average Bonchev–Trinajstić information content (AvgIpc) is 2.13. The maximum Gasteiger partial charge on any atom is 0.306 e. The van der Waals surface area contributed by atoms with Gasteiger partial charge in [-0.3, -0.25) is 4.79 Å². The van der Waals surface area contributed by atoms with E-state index in [9.17, 15) is 9.90 Å². The van der Waals surface area contributed by atoms with Crippen molar-refractivity contribution in [2.75, 3.05) is 6.54 Å². The number of nitrogens with one attached hydrogen (secondary N) is 1. The summed E-state index contributed by atoms with van der Waals surface area (Å²) < 4.78 is 0. The van der Waals surface area contributed by atoms with Gasteiger partial charge in [0, 0.05) is 12.6 Å². The van der Waals surface area contributed by atoms with Crippen LogP contribution in [0.5, 0.6) is 0 Å². The summed E-state index contributed by atoms with van der Waals surface area (Å²) in [6.45, 7) is 7.87. The Labute approximate surface area is 98.1 Å². The van der Waals surface area contributed by atoms with Gasteiger partial charge in [0.15, 0.2) is 0 Å². The van der Waals surface area contributed by atoms with Gasteiger partial charge in [-0.05, 0) is 33.6 Å². The largest absolute Gasteiger partial charge is 0.481 e. The molecule has 0 fully saturated rings. The van der Waals surface area contributed by atoms with E-state index in [1.54, 1.807) is 20.8 Å². The van der Waals surface area contributed by atoms with Crippen molar-refractivity contribution in [3.05, 3.63) is 0 Å². The molecule has 0 aromatic heterocycles. The molecule has 0 aliphatic carbocycles. The van der Waals surface area contributed by atoms with Crippen LogP contribution < -0.4 is 5.32 Å². The molecule has 0 rings (SSSR count). The predicted molar refractivity (Wildman–Crippen MR) is 64.4 cm³/mol. The summed E-state index contributed by atoms with van der Waals surface area (Å²) in [5.74, 6) is -0.987. The Kier molecular flexibility index (Phi) is 6.60. The zero-order valence-electron chi connectivity index (χ0n) is 10.8. The van der Waals surface area contributed by atoms with Crippen molar-refractivity contribution in [1.82, 2.24) is 5.32 Å². The Hall–Kier alpha value is -0.610. The maximum absolute atomic E-state index is 10.6. The molecule has 0 bridgehead atoms. The summed E-state index contributed by atoms with van der Waals surface area (Å²) >= 11 is 0. The Morgan fingerprint density at radius 1 is 1.31 bits per heavy atom. The number of carbonyl (C=O) groups is 1. The van der Waals surface area contributed by atoms with Crippen LogP contribution in [0.2, 0.25) is 0 Å². The lowest BCUT2D eigenvalue weighted by Gasteiger charge is -2.21. The molecule has 4 heteroatoms. The third-order valence-corrected chi connectivity index (χ3v) is 2.58. The molecule has 4 nitrogen and oxygen atoms in total. The molecular formula is C12H25NO3. The molecule has 0 radical (unpaired) electrons. The topological polar surface area (TPSA) is 69.6 Å². The molecular weight excluding hydrogens is 206 g/mol. The number of carboxylic acids is 1. The second-order valence-electron chi connectivity index (χ2n) is 5.26. The molecule has 16 heavy (non-hydrogen) atoms. The van der Waals surface area contributed by atoms with Gasteiger partial charge in [0.2, 0.25) is 0 Å². The molecule has 0 aliphatic heterocycles. The fraction of sp³-hybridized carbons (Fsp3) is 0.917. The number of hydrogen-bond acceptors (Lipinski definition) is 3. The Morgan fingerprint density at radius 3 is 2.31 bits per heavy atom. The average molecular weight is 231 g/mol. The second kappa shape index (κ2) is 6.86.